The van der Waals surface area contributed by atoms with Gasteiger partial charge in [-0.2, -0.15) is 5.10 Å². The molecule has 0 aliphatic heterocycles. The number of hydrogen-bond acceptors (Lipinski definition) is 5. The first kappa shape index (κ1) is 17.2. The van der Waals surface area contributed by atoms with Crippen molar-refractivity contribution in [1.82, 2.24) is 9.66 Å². The first-order valence-corrected chi connectivity index (χ1v) is 7.73. The summed E-state index contributed by atoms with van der Waals surface area (Å²) in [6, 6.07) is 13.1. The van der Waals surface area contributed by atoms with Crippen LogP contribution in [0.1, 0.15) is 12.5 Å². The van der Waals surface area contributed by atoms with Crippen LogP contribution in [0.4, 0.5) is 0 Å². The number of nitrogens with zero attached hydrogens (tertiary/aromatic N) is 2. The van der Waals surface area contributed by atoms with Gasteiger partial charge in [-0.05, 0) is 48.9 Å². The summed E-state index contributed by atoms with van der Waals surface area (Å²) in [5, 5.41) is 13.1. The highest BCUT2D eigenvalue weighted by Gasteiger charge is 2.12. The van der Waals surface area contributed by atoms with Gasteiger partial charge in [-0.3, -0.25) is 4.79 Å². The number of hydrogen-bond donors (Lipinski definition) is 2. The fourth-order valence-electron chi connectivity index (χ4n) is 2.27. The number of ether oxygens (including phenoxy) is 1. The van der Waals surface area contributed by atoms with Crippen molar-refractivity contribution in [1.29, 1.82) is 0 Å². The van der Waals surface area contributed by atoms with Crippen LogP contribution in [0.5, 0.6) is 5.75 Å². The van der Waals surface area contributed by atoms with Crippen LogP contribution in [-0.2, 0) is 4.79 Å². The molecule has 8 nitrogen and oxygen atoms in total. The number of carbonyl (C=O) groups is 1. The number of aromatic nitrogens is 2. The van der Waals surface area contributed by atoms with Crippen LogP contribution in [0.25, 0.3) is 10.9 Å². The number of fused-ring (bicyclic) bond motifs is 1. The molecule has 26 heavy (non-hydrogen) atoms. The minimum absolute atomic E-state index is 0.357. The Kier molecular flexibility index (Phi) is 4.66. The number of aliphatic carboxylic acids is 1. The van der Waals surface area contributed by atoms with Crippen LogP contribution < -0.4 is 16.0 Å². The van der Waals surface area contributed by atoms with Crippen LogP contribution in [-0.4, -0.2) is 33.1 Å². The van der Waals surface area contributed by atoms with Gasteiger partial charge in [0, 0.05) is 0 Å². The van der Waals surface area contributed by atoms with Crippen LogP contribution in [0, 0.1) is 0 Å². The zero-order chi connectivity index (χ0) is 18.7. The number of para-hydroxylation sites is 1. The van der Waals surface area contributed by atoms with Crippen LogP contribution in [0.3, 0.4) is 0 Å². The molecule has 0 spiro atoms. The average Bonchev–Trinajstić information content (AvgIpc) is 2.62. The lowest BCUT2D eigenvalue weighted by molar-refractivity contribution is -0.144. The van der Waals surface area contributed by atoms with Crippen molar-refractivity contribution in [3.8, 4) is 5.75 Å². The van der Waals surface area contributed by atoms with E-state index in [-0.39, 0.29) is 0 Å². The highest BCUT2D eigenvalue weighted by molar-refractivity contribution is 5.80. The minimum Gasteiger partial charge on any atom is -0.479 e. The molecule has 0 bridgehead atoms. The quantitative estimate of drug-likeness (QED) is 0.674. The van der Waals surface area contributed by atoms with Crippen molar-refractivity contribution in [2.45, 2.75) is 13.0 Å². The van der Waals surface area contributed by atoms with E-state index < -0.39 is 23.3 Å². The molecule has 1 aromatic heterocycles. The maximum atomic E-state index is 12.4. The van der Waals surface area contributed by atoms with E-state index in [0.29, 0.717) is 22.2 Å². The number of nitrogens with one attached hydrogen (secondary N) is 1. The van der Waals surface area contributed by atoms with Crippen LogP contribution >= 0.6 is 0 Å². The van der Waals surface area contributed by atoms with Crippen molar-refractivity contribution in [3.63, 3.8) is 0 Å². The van der Waals surface area contributed by atoms with E-state index in [0.717, 1.165) is 4.68 Å². The Morgan fingerprint density at radius 3 is 2.58 bits per heavy atom. The minimum atomic E-state index is -1.06. The summed E-state index contributed by atoms with van der Waals surface area (Å²) in [6.07, 6.45) is 0.389. The van der Waals surface area contributed by atoms with Gasteiger partial charge in [0.1, 0.15) is 5.75 Å². The van der Waals surface area contributed by atoms with Gasteiger partial charge in [0.15, 0.2) is 6.10 Å². The summed E-state index contributed by atoms with van der Waals surface area (Å²) in [4.78, 5) is 37.8. The zero-order valence-electron chi connectivity index (χ0n) is 13.7. The predicted molar refractivity (Wildman–Crippen MR) is 96.0 cm³/mol. The fourth-order valence-corrected chi connectivity index (χ4v) is 2.27. The monoisotopic (exact) mass is 353 g/mol. The third kappa shape index (κ3) is 3.54. The number of carboxylic acid groups (broad SMARTS) is 1. The zero-order valence-corrected chi connectivity index (χ0v) is 13.7. The van der Waals surface area contributed by atoms with E-state index in [4.69, 9.17) is 9.84 Å². The maximum absolute atomic E-state index is 12.4. The van der Waals surface area contributed by atoms with Gasteiger partial charge >= 0.3 is 11.7 Å². The smallest absolute Gasteiger partial charge is 0.349 e. The molecule has 0 amide bonds. The Morgan fingerprint density at radius 2 is 1.88 bits per heavy atom. The predicted octanol–water partition coefficient (Wildman–Crippen LogP) is 1.42. The van der Waals surface area contributed by atoms with Gasteiger partial charge in [0.2, 0.25) is 0 Å². The Bertz CT molecular complexity index is 1100. The van der Waals surface area contributed by atoms with Crippen LogP contribution in [0.2, 0.25) is 0 Å². The number of H-pyrrole nitrogens is 1. The summed E-state index contributed by atoms with van der Waals surface area (Å²) in [6.45, 7) is 1.43. The molecule has 8 heteroatoms. The van der Waals surface area contributed by atoms with Gasteiger partial charge in [-0.25, -0.2) is 9.59 Å². The summed E-state index contributed by atoms with van der Waals surface area (Å²) in [5.74, 6) is -0.677. The number of aromatic amines is 1. The molecule has 3 rings (SSSR count). The van der Waals surface area contributed by atoms with Gasteiger partial charge < -0.3 is 14.8 Å². The average molecular weight is 353 g/mol. The molecule has 1 atom stereocenters. The molecule has 3 aromatic rings. The molecule has 0 fully saturated rings. The van der Waals surface area contributed by atoms with Gasteiger partial charge in [0.05, 0.1) is 17.1 Å². The second kappa shape index (κ2) is 7.06. The first-order chi connectivity index (χ1) is 12.5. The van der Waals surface area contributed by atoms with E-state index in [1.807, 2.05) is 0 Å². The van der Waals surface area contributed by atoms with Gasteiger partial charge in [-0.15, -0.1) is 4.68 Å². The first-order valence-electron chi connectivity index (χ1n) is 7.73. The second-order valence-corrected chi connectivity index (χ2v) is 5.50. The topological polar surface area (TPSA) is 114 Å². The summed E-state index contributed by atoms with van der Waals surface area (Å²) < 4.78 is 5.97. The standard InChI is InChI=1S/C18H15N3O5/c1-11(17(23)24)26-13-8-6-12(7-9-13)10-19-21-16(22)14-4-2-3-5-15(14)20-18(21)25/h2-11H,1H3,(H,20,25)(H,23,24). The Labute approximate surface area is 147 Å². The number of benzene rings is 2. The molecular formula is C18H15N3O5. The second-order valence-electron chi connectivity index (χ2n) is 5.50. The molecule has 2 N–H and O–H groups in total. The maximum Gasteiger partial charge on any atom is 0.349 e. The van der Waals surface area contributed by atoms with E-state index in [1.165, 1.54) is 13.1 Å². The van der Waals surface area contributed by atoms with E-state index >= 15 is 0 Å². The van der Waals surface area contributed by atoms with Crippen molar-refractivity contribution in [2.75, 3.05) is 0 Å². The van der Waals surface area contributed by atoms with E-state index in [1.54, 1.807) is 48.5 Å². The van der Waals surface area contributed by atoms with Gasteiger partial charge in [-0.1, -0.05) is 12.1 Å². The molecule has 1 heterocycles. The highest BCUT2D eigenvalue weighted by atomic mass is 16.5. The third-order valence-electron chi connectivity index (χ3n) is 3.65. The van der Waals surface area contributed by atoms with E-state index in [2.05, 4.69) is 10.1 Å². The molecule has 0 saturated heterocycles. The lowest BCUT2D eigenvalue weighted by Crippen LogP contribution is -2.32. The Hall–Kier alpha value is -3.68. The summed E-state index contributed by atoms with van der Waals surface area (Å²) in [7, 11) is 0. The lowest BCUT2D eigenvalue weighted by Gasteiger charge is -2.09. The highest BCUT2D eigenvalue weighted by Crippen LogP contribution is 2.13. The van der Waals surface area contributed by atoms with Crippen molar-refractivity contribution in [3.05, 3.63) is 74.9 Å². The third-order valence-corrected chi connectivity index (χ3v) is 3.65. The molecular weight excluding hydrogens is 338 g/mol. The van der Waals surface area contributed by atoms with Crippen molar-refractivity contribution >= 4 is 23.1 Å². The normalized spacial score (nSPS) is 12.3. The molecule has 0 aliphatic carbocycles. The molecule has 2 aromatic carbocycles. The molecule has 0 saturated carbocycles. The number of carboxylic acids is 1. The summed E-state index contributed by atoms with van der Waals surface area (Å²) >= 11 is 0. The SMILES string of the molecule is CC(Oc1ccc(C=Nn2c(=O)[nH]c3ccccc3c2=O)cc1)C(=O)O. The van der Waals surface area contributed by atoms with Gasteiger partial charge in [0.25, 0.3) is 5.56 Å². The fraction of sp³-hybridized carbons (Fsp3) is 0.111. The van der Waals surface area contributed by atoms with Crippen LogP contribution in [0.15, 0.2) is 63.2 Å². The van der Waals surface area contributed by atoms with Crippen molar-refractivity contribution in [2.24, 2.45) is 5.10 Å². The molecule has 0 radical (unpaired) electrons. The molecule has 1 unspecified atom stereocenters. The van der Waals surface area contributed by atoms with Crippen molar-refractivity contribution < 1.29 is 14.6 Å². The molecule has 132 valence electrons. The lowest BCUT2D eigenvalue weighted by atomic mass is 10.2. The molecule has 0 aliphatic rings. The Balaban J connectivity index is 1.86. The largest absolute Gasteiger partial charge is 0.479 e. The number of rotatable bonds is 5. The summed E-state index contributed by atoms with van der Waals surface area (Å²) in [5.41, 5.74) is -0.0983. The Morgan fingerprint density at radius 1 is 1.19 bits per heavy atom. The van der Waals surface area contributed by atoms with E-state index in [9.17, 15) is 14.4 Å².